The molecule has 2 heterocycles. The fraction of sp³-hybridized carbons (Fsp3) is 0.471. The van der Waals surface area contributed by atoms with Gasteiger partial charge in [-0.2, -0.15) is 5.10 Å². The zero-order valence-electron chi connectivity index (χ0n) is 26.3. The largest absolute Gasteiger partial charge is 0.489 e. The predicted octanol–water partition coefficient (Wildman–Crippen LogP) is 7.34. The van der Waals surface area contributed by atoms with Crippen molar-refractivity contribution in [2.24, 2.45) is 5.92 Å². The summed E-state index contributed by atoms with van der Waals surface area (Å²) in [5, 5.41) is 27.9. The number of amides is 2. The summed E-state index contributed by atoms with van der Waals surface area (Å²) in [6.45, 7) is 12.3. The first-order valence-electron chi connectivity index (χ1n) is 15.4. The summed E-state index contributed by atoms with van der Waals surface area (Å²) in [4.78, 5) is 15.1. The van der Waals surface area contributed by atoms with E-state index in [0.717, 1.165) is 54.0 Å². The third-order valence-electron chi connectivity index (χ3n) is 8.31. The van der Waals surface area contributed by atoms with Gasteiger partial charge in [0, 0.05) is 36.4 Å². The maximum Gasteiger partial charge on any atom is 0.320 e. The molecule has 3 aliphatic rings. The van der Waals surface area contributed by atoms with Gasteiger partial charge in [-0.1, -0.05) is 64.5 Å². The van der Waals surface area contributed by atoms with Crippen LogP contribution in [0.5, 0.6) is 0 Å². The van der Waals surface area contributed by atoms with Crippen LogP contribution in [-0.2, 0) is 10.2 Å². The minimum atomic E-state index is -0.254. The van der Waals surface area contributed by atoms with Gasteiger partial charge >= 0.3 is 6.03 Å². The average molecular weight is 584 g/mol. The highest BCUT2D eigenvalue weighted by molar-refractivity contribution is 6.00. The Hall–Kier alpha value is -4.14. The summed E-state index contributed by atoms with van der Waals surface area (Å²) in [7, 11) is 0. The van der Waals surface area contributed by atoms with E-state index in [4.69, 9.17) is 20.7 Å². The molecule has 0 saturated carbocycles. The number of aromatic nitrogens is 2. The van der Waals surface area contributed by atoms with Crippen molar-refractivity contribution >= 4 is 23.5 Å². The summed E-state index contributed by atoms with van der Waals surface area (Å²) in [5.74, 6) is 2.30. The summed E-state index contributed by atoms with van der Waals surface area (Å²) in [6.07, 6.45) is 10.6. The van der Waals surface area contributed by atoms with Gasteiger partial charge in [0.1, 0.15) is 29.4 Å². The molecular formula is C34H45N7O2. The fourth-order valence-electron chi connectivity index (χ4n) is 5.76. The first-order valence-corrected chi connectivity index (χ1v) is 15.4. The Bertz CT molecular complexity index is 1490. The number of hydrogen-bond acceptors (Lipinski definition) is 5. The number of anilines is 1. The Morgan fingerprint density at radius 3 is 2.56 bits per heavy atom. The molecule has 0 bridgehead atoms. The molecule has 1 aliphatic heterocycles. The lowest BCUT2D eigenvalue weighted by molar-refractivity contribution is 0.116. The second-order valence-corrected chi connectivity index (χ2v) is 13.1. The Labute approximate surface area is 255 Å². The Balaban J connectivity index is 1.33. The number of urea groups is 1. The Morgan fingerprint density at radius 2 is 1.86 bits per heavy atom. The molecule has 2 atom stereocenters. The van der Waals surface area contributed by atoms with Crippen LogP contribution < -0.4 is 10.6 Å². The molecule has 43 heavy (non-hydrogen) atoms. The number of ether oxygens (including phenoxy) is 1. The molecule has 1 aromatic heterocycles. The molecule has 1 aromatic carbocycles. The van der Waals surface area contributed by atoms with Crippen LogP contribution in [0.1, 0.15) is 84.4 Å². The van der Waals surface area contributed by atoms with Crippen LogP contribution in [0.15, 0.2) is 65.6 Å². The quantitative estimate of drug-likeness (QED) is 0.210. The van der Waals surface area contributed by atoms with Crippen LogP contribution in [0.2, 0.25) is 0 Å². The van der Waals surface area contributed by atoms with E-state index >= 15 is 0 Å². The molecule has 9 nitrogen and oxygen atoms in total. The highest BCUT2D eigenvalue weighted by atomic mass is 16.5. The lowest BCUT2D eigenvalue weighted by atomic mass is 9.80. The van der Waals surface area contributed by atoms with Gasteiger partial charge in [0.2, 0.25) is 0 Å². The van der Waals surface area contributed by atoms with Crippen molar-refractivity contribution in [1.82, 2.24) is 20.0 Å². The molecular weight excluding hydrogens is 538 g/mol. The van der Waals surface area contributed by atoms with Gasteiger partial charge < -0.3 is 10.1 Å². The van der Waals surface area contributed by atoms with Crippen molar-refractivity contribution in [3.8, 4) is 5.69 Å². The summed E-state index contributed by atoms with van der Waals surface area (Å²) in [5.41, 5.74) is 5.14. The van der Waals surface area contributed by atoms with Crippen molar-refractivity contribution in [3.63, 3.8) is 0 Å². The first kappa shape index (κ1) is 30.3. The lowest BCUT2D eigenvalue weighted by Crippen LogP contribution is -2.43. The Morgan fingerprint density at radius 1 is 1.12 bits per heavy atom. The summed E-state index contributed by atoms with van der Waals surface area (Å²) >= 11 is 0. The number of rotatable bonds is 6. The van der Waals surface area contributed by atoms with E-state index < -0.39 is 0 Å². The number of nitrogens with one attached hydrogen (secondary N) is 4. The highest BCUT2D eigenvalue weighted by Crippen LogP contribution is 2.36. The molecule has 9 heteroatoms. The number of allylic oxidation sites excluding steroid dienone is 2. The normalized spacial score (nSPS) is 20.6. The first-order chi connectivity index (χ1) is 20.4. The topological polar surface area (TPSA) is 119 Å². The van der Waals surface area contributed by atoms with Crippen LogP contribution in [0.4, 0.5) is 10.6 Å². The molecule has 2 aromatic rings. The van der Waals surface area contributed by atoms with E-state index in [2.05, 4.69) is 50.5 Å². The number of hydrogen-bond donors (Lipinski definition) is 4. The lowest BCUT2D eigenvalue weighted by Gasteiger charge is -2.37. The van der Waals surface area contributed by atoms with E-state index in [1.807, 2.05) is 50.4 Å². The predicted molar refractivity (Wildman–Crippen MR) is 172 cm³/mol. The van der Waals surface area contributed by atoms with Crippen molar-refractivity contribution in [1.29, 1.82) is 10.8 Å². The van der Waals surface area contributed by atoms with Gasteiger partial charge in [-0.25, -0.2) is 9.48 Å². The number of benzene rings is 1. The van der Waals surface area contributed by atoms with Gasteiger partial charge in [0.25, 0.3) is 0 Å². The number of carbonyl (C=O) groups is 1. The molecule has 0 fully saturated rings. The van der Waals surface area contributed by atoms with Crippen LogP contribution in [0.3, 0.4) is 0 Å². The van der Waals surface area contributed by atoms with Crippen LogP contribution in [0, 0.1) is 23.7 Å². The molecule has 5 rings (SSSR count). The highest BCUT2D eigenvalue weighted by Gasteiger charge is 2.33. The van der Waals surface area contributed by atoms with Gasteiger partial charge in [0.05, 0.1) is 17.4 Å². The minimum absolute atomic E-state index is 0.0229. The standard InChI is InChI=1S/C34H45N7O2/c1-21(2)32(36)40-20-24(15-18-30(40)35)43-28-17-16-27(25-9-7-8-10-26(25)28)37-33(42)38-31-19-29(34(4,5)6)39-41(31)23-13-11-22(3)12-14-23/h8,10-14,19-21,27-28,35-36H,7,9,15-18H2,1-6H3,(H2,37,38,42)/t27-,28+/m1/s1. The van der Waals surface area contributed by atoms with E-state index in [9.17, 15) is 4.79 Å². The number of carbonyl (C=O) groups excluding carboxylic acids is 1. The van der Waals surface area contributed by atoms with Gasteiger partial charge in [0.15, 0.2) is 0 Å². The minimum Gasteiger partial charge on any atom is -0.489 e. The summed E-state index contributed by atoms with van der Waals surface area (Å²) in [6, 6.07) is 9.73. The third kappa shape index (κ3) is 6.76. The molecule has 228 valence electrons. The maximum atomic E-state index is 13.4. The molecule has 4 N–H and O–H groups in total. The van der Waals surface area contributed by atoms with Crippen LogP contribution in [0.25, 0.3) is 5.69 Å². The zero-order valence-corrected chi connectivity index (χ0v) is 26.3. The molecule has 2 amide bonds. The monoisotopic (exact) mass is 583 g/mol. The van der Waals surface area contributed by atoms with Crippen molar-refractivity contribution in [3.05, 3.63) is 76.8 Å². The second kappa shape index (κ2) is 12.2. The SMILES string of the molecule is Cc1ccc(-n2nc(C(C)(C)C)cc2NC(=O)N[C@@H]2CC[C@H](OC3=CN(C(=N)C(C)C)C(=N)CC3)C3=C2CCC=C3)cc1. The number of aryl methyl sites for hydroxylation is 1. The molecule has 0 saturated heterocycles. The maximum absolute atomic E-state index is 13.4. The average Bonchev–Trinajstić information content (AvgIpc) is 3.39. The Kier molecular flexibility index (Phi) is 8.62. The van der Waals surface area contributed by atoms with Crippen molar-refractivity contribution < 1.29 is 9.53 Å². The van der Waals surface area contributed by atoms with E-state index in [-0.39, 0.29) is 29.5 Å². The van der Waals surface area contributed by atoms with E-state index in [0.29, 0.717) is 30.3 Å². The van der Waals surface area contributed by atoms with Gasteiger partial charge in [-0.3, -0.25) is 21.0 Å². The van der Waals surface area contributed by atoms with Crippen LogP contribution >= 0.6 is 0 Å². The third-order valence-corrected chi connectivity index (χ3v) is 8.31. The molecule has 0 spiro atoms. The van der Waals surface area contributed by atoms with Gasteiger partial charge in [-0.15, -0.1) is 0 Å². The van der Waals surface area contributed by atoms with E-state index in [1.54, 1.807) is 9.58 Å². The van der Waals surface area contributed by atoms with Gasteiger partial charge in [-0.05, 0) is 55.9 Å². The second-order valence-electron chi connectivity index (χ2n) is 13.1. The molecule has 0 radical (unpaired) electrons. The molecule has 2 aliphatic carbocycles. The smallest absolute Gasteiger partial charge is 0.320 e. The van der Waals surface area contributed by atoms with Crippen LogP contribution in [-0.4, -0.2) is 44.5 Å². The fourth-order valence-corrected chi connectivity index (χ4v) is 5.76. The zero-order chi connectivity index (χ0) is 30.9. The van der Waals surface area contributed by atoms with Crippen molar-refractivity contribution in [2.45, 2.75) is 97.6 Å². The van der Waals surface area contributed by atoms with Crippen molar-refractivity contribution in [2.75, 3.05) is 5.32 Å². The van der Waals surface area contributed by atoms with E-state index in [1.165, 1.54) is 5.57 Å². The number of amidine groups is 2. The number of nitrogens with zero attached hydrogens (tertiary/aromatic N) is 3. The molecule has 0 unspecified atom stereocenters. The summed E-state index contributed by atoms with van der Waals surface area (Å²) < 4.78 is 8.35.